The van der Waals surface area contributed by atoms with Crippen LogP contribution in [0.4, 0.5) is 0 Å². The number of ketones is 1. The number of ether oxygens (including phenoxy) is 2. The molecule has 5 nitrogen and oxygen atoms in total. The Morgan fingerprint density at radius 1 is 1.39 bits per heavy atom. The van der Waals surface area contributed by atoms with Crippen molar-refractivity contribution in [2.24, 2.45) is 0 Å². The number of rotatable bonds is 10. The molecule has 1 unspecified atom stereocenters. The third-order valence-corrected chi connectivity index (χ3v) is 4.81. The van der Waals surface area contributed by atoms with Crippen LogP contribution < -0.4 is 5.32 Å². The molecule has 1 N–H and O–H groups in total. The van der Waals surface area contributed by atoms with E-state index in [-0.39, 0.29) is 30.6 Å². The lowest BCUT2D eigenvalue weighted by molar-refractivity contribution is -0.121. The van der Waals surface area contributed by atoms with E-state index >= 15 is 0 Å². The van der Waals surface area contributed by atoms with Crippen molar-refractivity contribution >= 4 is 34.6 Å². The Hall–Kier alpha value is -0.950. The van der Waals surface area contributed by atoms with Crippen molar-refractivity contribution in [2.75, 3.05) is 26.4 Å². The molecule has 128 valence electrons. The lowest BCUT2D eigenvalue weighted by Crippen LogP contribution is -2.26. The first-order valence-electron chi connectivity index (χ1n) is 7.90. The highest BCUT2D eigenvalue weighted by molar-refractivity contribution is 7.18. The summed E-state index contributed by atoms with van der Waals surface area (Å²) in [5.74, 6) is -0.155. The molecule has 1 aromatic rings. The van der Waals surface area contributed by atoms with E-state index in [2.05, 4.69) is 5.32 Å². The van der Waals surface area contributed by atoms with E-state index in [1.165, 1.54) is 11.3 Å². The van der Waals surface area contributed by atoms with E-state index < -0.39 is 0 Å². The van der Waals surface area contributed by atoms with Gasteiger partial charge in [-0.1, -0.05) is 11.6 Å². The lowest BCUT2D eigenvalue weighted by atomic mass is 10.2. The molecule has 1 amide bonds. The topological polar surface area (TPSA) is 64.6 Å². The number of amides is 1. The standard InChI is InChI=1S/C16H22ClNO4S/c17-15-6-5-14(23-15)13(19)4-7-16(20)18-8-2-9-21-11-12-3-1-10-22-12/h5-6,12H,1-4,7-11H2,(H,18,20). The molecule has 1 aliphatic heterocycles. The first-order valence-corrected chi connectivity index (χ1v) is 9.09. The monoisotopic (exact) mass is 359 g/mol. The number of halogens is 1. The molecular weight excluding hydrogens is 338 g/mol. The summed E-state index contributed by atoms with van der Waals surface area (Å²) in [7, 11) is 0. The maximum Gasteiger partial charge on any atom is 0.220 e. The number of carbonyl (C=O) groups excluding carboxylic acids is 2. The second-order valence-corrected chi connectivity index (χ2v) is 7.16. The molecule has 0 spiro atoms. The molecule has 23 heavy (non-hydrogen) atoms. The Balaban J connectivity index is 1.47. The minimum Gasteiger partial charge on any atom is -0.379 e. The Labute approximate surface area is 145 Å². The van der Waals surface area contributed by atoms with Crippen LogP contribution in [0, 0.1) is 0 Å². The maximum atomic E-state index is 11.8. The van der Waals surface area contributed by atoms with E-state index in [1.807, 2.05) is 0 Å². The zero-order valence-electron chi connectivity index (χ0n) is 13.0. The average molecular weight is 360 g/mol. The van der Waals surface area contributed by atoms with Gasteiger partial charge in [0, 0.05) is 32.6 Å². The highest BCUT2D eigenvalue weighted by atomic mass is 35.5. The molecule has 2 rings (SSSR count). The quantitative estimate of drug-likeness (QED) is 0.515. The molecule has 2 heterocycles. The van der Waals surface area contributed by atoms with Crippen molar-refractivity contribution in [1.82, 2.24) is 5.32 Å². The highest BCUT2D eigenvalue weighted by Crippen LogP contribution is 2.22. The van der Waals surface area contributed by atoms with Gasteiger partial charge in [-0.3, -0.25) is 9.59 Å². The number of hydrogen-bond acceptors (Lipinski definition) is 5. The van der Waals surface area contributed by atoms with Gasteiger partial charge in [-0.05, 0) is 31.4 Å². The third kappa shape index (κ3) is 6.99. The van der Waals surface area contributed by atoms with Gasteiger partial charge in [0.05, 0.1) is 21.9 Å². The number of nitrogens with one attached hydrogen (secondary N) is 1. The van der Waals surface area contributed by atoms with E-state index in [9.17, 15) is 9.59 Å². The van der Waals surface area contributed by atoms with Crippen LogP contribution in [0.1, 0.15) is 41.8 Å². The molecule has 0 saturated carbocycles. The van der Waals surface area contributed by atoms with Crippen molar-refractivity contribution in [3.63, 3.8) is 0 Å². The third-order valence-electron chi connectivity index (χ3n) is 3.54. The van der Waals surface area contributed by atoms with Crippen LogP contribution >= 0.6 is 22.9 Å². The van der Waals surface area contributed by atoms with Gasteiger partial charge in [-0.15, -0.1) is 11.3 Å². The minimum atomic E-state index is -0.111. The number of carbonyl (C=O) groups is 2. The summed E-state index contributed by atoms with van der Waals surface area (Å²) in [6.45, 7) is 2.63. The summed E-state index contributed by atoms with van der Waals surface area (Å²) in [6.07, 6.45) is 3.58. The SMILES string of the molecule is O=C(CCC(=O)c1ccc(Cl)s1)NCCCOCC1CCCO1. The first kappa shape index (κ1) is 18.4. The molecular formula is C16H22ClNO4S. The van der Waals surface area contributed by atoms with Gasteiger partial charge in [-0.25, -0.2) is 0 Å². The fraction of sp³-hybridized carbons (Fsp3) is 0.625. The lowest BCUT2D eigenvalue weighted by Gasteiger charge is -2.10. The zero-order chi connectivity index (χ0) is 16.5. The van der Waals surface area contributed by atoms with Crippen LogP contribution in [0.3, 0.4) is 0 Å². The summed E-state index contributed by atoms with van der Waals surface area (Å²) in [6, 6.07) is 3.38. The minimum absolute atomic E-state index is 0.0445. The number of hydrogen-bond donors (Lipinski definition) is 1. The Kier molecular flexibility index (Phi) is 8.02. The molecule has 1 aromatic heterocycles. The Morgan fingerprint density at radius 3 is 2.96 bits per heavy atom. The van der Waals surface area contributed by atoms with Gasteiger partial charge in [0.15, 0.2) is 5.78 Å². The number of thiophene rings is 1. The molecule has 1 saturated heterocycles. The second-order valence-electron chi connectivity index (χ2n) is 5.44. The van der Waals surface area contributed by atoms with Crippen LogP contribution in [0.5, 0.6) is 0 Å². The van der Waals surface area contributed by atoms with Gasteiger partial charge >= 0.3 is 0 Å². The Bertz CT molecular complexity index is 514. The van der Waals surface area contributed by atoms with E-state index in [0.717, 1.165) is 25.9 Å². The van der Waals surface area contributed by atoms with Crippen LogP contribution in [0.25, 0.3) is 0 Å². The summed E-state index contributed by atoms with van der Waals surface area (Å²) < 4.78 is 11.6. The molecule has 1 aliphatic rings. The average Bonchev–Trinajstić information content (AvgIpc) is 3.20. The van der Waals surface area contributed by atoms with Gasteiger partial charge in [-0.2, -0.15) is 0 Å². The molecule has 0 aliphatic carbocycles. The van der Waals surface area contributed by atoms with Crippen LogP contribution in [0.2, 0.25) is 4.34 Å². The molecule has 0 aromatic carbocycles. The predicted octanol–water partition coefficient (Wildman–Crippen LogP) is 3.07. The fourth-order valence-electron chi connectivity index (χ4n) is 2.30. The maximum absolute atomic E-state index is 11.8. The van der Waals surface area contributed by atoms with Crippen molar-refractivity contribution in [3.8, 4) is 0 Å². The Morgan fingerprint density at radius 2 is 2.26 bits per heavy atom. The summed E-state index contributed by atoms with van der Waals surface area (Å²) >= 11 is 7.03. The van der Waals surface area contributed by atoms with E-state index in [0.29, 0.717) is 29.0 Å². The van der Waals surface area contributed by atoms with Gasteiger partial charge < -0.3 is 14.8 Å². The summed E-state index contributed by atoms with van der Waals surface area (Å²) in [5.41, 5.74) is 0. The van der Waals surface area contributed by atoms with Crippen LogP contribution in [-0.2, 0) is 14.3 Å². The largest absolute Gasteiger partial charge is 0.379 e. The molecule has 1 atom stereocenters. The van der Waals surface area contributed by atoms with E-state index in [1.54, 1.807) is 12.1 Å². The van der Waals surface area contributed by atoms with Crippen molar-refractivity contribution in [3.05, 3.63) is 21.3 Å². The van der Waals surface area contributed by atoms with E-state index in [4.69, 9.17) is 21.1 Å². The van der Waals surface area contributed by atoms with Gasteiger partial charge in [0.2, 0.25) is 5.91 Å². The zero-order valence-corrected chi connectivity index (χ0v) is 14.6. The summed E-state index contributed by atoms with van der Waals surface area (Å²) in [5, 5.41) is 2.80. The summed E-state index contributed by atoms with van der Waals surface area (Å²) in [4.78, 5) is 24.1. The van der Waals surface area contributed by atoms with Gasteiger partial charge in [0.25, 0.3) is 0 Å². The molecule has 0 radical (unpaired) electrons. The number of Topliss-reactive ketones (excluding diaryl/α,β-unsaturated/α-hetero) is 1. The normalized spacial score (nSPS) is 17.3. The molecule has 0 bridgehead atoms. The highest BCUT2D eigenvalue weighted by Gasteiger charge is 2.15. The van der Waals surface area contributed by atoms with Crippen LogP contribution in [-0.4, -0.2) is 44.2 Å². The fourth-order valence-corrected chi connectivity index (χ4v) is 3.31. The smallest absolute Gasteiger partial charge is 0.220 e. The predicted molar refractivity (Wildman–Crippen MR) is 90.3 cm³/mol. The molecule has 1 fully saturated rings. The van der Waals surface area contributed by atoms with Crippen LogP contribution in [0.15, 0.2) is 12.1 Å². The van der Waals surface area contributed by atoms with Crippen molar-refractivity contribution in [2.45, 2.75) is 38.2 Å². The molecule has 7 heteroatoms. The van der Waals surface area contributed by atoms with Gasteiger partial charge in [0.1, 0.15) is 0 Å². The van der Waals surface area contributed by atoms with Crippen molar-refractivity contribution in [1.29, 1.82) is 0 Å². The first-order chi connectivity index (χ1) is 11.1. The van der Waals surface area contributed by atoms with Crippen molar-refractivity contribution < 1.29 is 19.1 Å². The second kappa shape index (κ2) is 10.0.